The molecule has 3 rings (SSSR count). The summed E-state index contributed by atoms with van der Waals surface area (Å²) in [5.41, 5.74) is 2.20. The van der Waals surface area contributed by atoms with Gasteiger partial charge in [0, 0.05) is 6.07 Å². The number of aryl methyl sites for hydroxylation is 1. The number of nitrogens with zero attached hydrogens (tertiary/aromatic N) is 1. The fraction of sp³-hybridized carbons (Fsp3) is 0.182. The van der Waals surface area contributed by atoms with Crippen molar-refractivity contribution in [3.05, 3.63) is 83.7 Å². The second-order valence-electron chi connectivity index (χ2n) is 6.52. The smallest absolute Gasteiger partial charge is 0.264 e. The third kappa shape index (κ3) is 4.68. The van der Waals surface area contributed by atoms with Crippen molar-refractivity contribution in [1.82, 2.24) is 0 Å². The lowest BCUT2D eigenvalue weighted by atomic mass is 10.2. The normalized spacial score (nSPS) is 11.2. The number of halogens is 1. The van der Waals surface area contributed by atoms with E-state index in [-0.39, 0.29) is 11.4 Å². The molecule has 0 atom stereocenters. The molecule has 0 aliphatic heterocycles. The Morgan fingerprint density at radius 3 is 1.93 bits per heavy atom. The Morgan fingerprint density at radius 2 is 1.41 bits per heavy atom. The number of hydrogen-bond donors (Lipinski definition) is 0. The SMILES string of the molecule is COc1cc(CN(c2ccc(C)cc2)S(=O)(=O)c2ccc(F)cc2)cc(OC)c1. The van der Waals surface area contributed by atoms with Gasteiger partial charge in [-0.25, -0.2) is 12.8 Å². The van der Waals surface area contributed by atoms with Gasteiger partial charge >= 0.3 is 0 Å². The van der Waals surface area contributed by atoms with Gasteiger partial charge in [0.1, 0.15) is 17.3 Å². The molecular formula is C22H22FNO4S. The molecule has 29 heavy (non-hydrogen) atoms. The van der Waals surface area contributed by atoms with Crippen molar-refractivity contribution >= 4 is 15.7 Å². The Hall–Kier alpha value is -3.06. The number of ether oxygens (including phenoxy) is 2. The summed E-state index contributed by atoms with van der Waals surface area (Å²) in [6, 6.07) is 17.2. The zero-order valence-corrected chi connectivity index (χ0v) is 17.2. The van der Waals surface area contributed by atoms with Crippen molar-refractivity contribution in [3.63, 3.8) is 0 Å². The summed E-state index contributed by atoms with van der Waals surface area (Å²) in [6.45, 7) is 1.98. The lowest BCUT2D eigenvalue weighted by molar-refractivity contribution is 0.393. The van der Waals surface area contributed by atoms with E-state index in [0.29, 0.717) is 22.7 Å². The Balaban J connectivity index is 2.09. The van der Waals surface area contributed by atoms with Gasteiger partial charge < -0.3 is 9.47 Å². The van der Waals surface area contributed by atoms with Crippen LogP contribution in [0.25, 0.3) is 0 Å². The molecule has 0 saturated heterocycles. The molecule has 0 bridgehead atoms. The maximum Gasteiger partial charge on any atom is 0.264 e. The molecule has 0 heterocycles. The van der Waals surface area contributed by atoms with Crippen LogP contribution in [0.15, 0.2) is 71.6 Å². The molecular weight excluding hydrogens is 393 g/mol. The molecule has 0 saturated carbocycles. The molecule has 7 heteroatoms. The number of rotatable bonds is 7. The van der Waals surface area contributed by atoms with Gasteiger partial charge in [-0.3, -0.25) is 4.31 Å². The second-order valence-corrected chi connectivity index (χ2v) is 8.38. The first-order valence-corrected chi connectivity index (χ1v) is 10.3. The molecule has 0 fully saturated rings. The Morgan fingerprint density at radius 1 is 0.862 bits per heavy atom. The van der Waals surface area contributed by atoms with Gasteiger partial charge in [0.2, 0.25) is 0 Å². The van der Waals surface area contributed by atoms with Gasteiger partial charge in [0.15, 0.2) is 0 Å². The van der Waals surface area contributed by atoms with Gasteiger partial charge in [-0.15, -0.1) is 0 Å². The van der Waals surface area contributed by atoms with Crippen LogP contribution < -0.4 is 13.8 Å². The zero-order chi connectivity index (χ0) is 21.0. The van der Waals surface area contributed by atoms with E-state index in [9.17, 15) is 12.8 Å². The predicted octanol–water partition coefficient (Wildman–Crippen LogP) is 4.55. The van der Waals surface area contributed by atoms with E-state index in [1.807, 2.05) is 19.1 Å². The molecule has 5 nitrogen and oxygen atoms in total. The fourth-order valence-corrected chi connectivity index (χ4v) is 4.34. The molecule has 0 unspecified atom stereocenters. The van der Waals surface area contributed by atoms with Crippen LogP contribution in [0.1, 0.15) is 11.1 Å². The minimum Gasteiger partial charge on any atom is -0.497 e. The van der Waals surface area contributed by atoms with E-state index in [2.05, 4.69) is 0 Å². The number of hydrogen-bond acceptors (Lipinski definition) is 4. The Labute approximate surface area is 170 Å². The molecule has 0 spiro atoms. The van der Waals surface area contributed by atoms with Crippen LogP contribution in [0, 0.1) is 12.7 Å². The summed E-state index contributed by atoms with van der Waals surface area (Å²) in [6.07, 6.45) is 0. The summed E-state index contributed by atoms with van der Waals surface area (Å²) in [5.74, 6) is 0.619. The second kappa shape index (κ2) is 8.53. The monoisotopic (exact) mass is 415 g/mol. The quantitative estimate of drug-likeness (QED) is 0.568. The first-order valence-electron chi connectivity index (χ1n) is 8.90. The highest BCUT2D eigenvalue weighted by atomic mass is 32.2. The van der Waals surface area contributed by atoms with Gasteiger partial charge in [0.05, 0.1) is 31.3 Å². The highest BCUT2D eigenvalue weighted by Gasteiger charge is 2.25. The molecule has 0 aliphatic carbocycles. The van der Waals surface area contributed by atoms with Crippen molar-refractivity contribution < 1.29 is 22.3 Å². The topological polar surface area (TPSA) is 55.8 Å². The van der Waals surface area contributed by atoms with Crippen LogP contribution in [-0.2, 0) is 16.6 Å². The molecule has 0 aliphatic rings. The maximum atomic E-state index is 13.4. The Bertz CT molecular complexity index is 1060. The minimum absolute atomic E-state index is 0.00864. The predicted molar refractivity (Wildman–Crippen MR) is 110 cm³/mol. The summed E-state index contributed by atoms with van der Waals surface area (Å²) in [7, 11) is -0.869. The van der Waals surface area contributed by atoms with Crippen LogP contribution in [0.5, 0.6) is 11.5 Å². The number of methoxy groups -OCH3 is 2. The van der Waals surface area contributed by atoms with Crippen molar-refractivity contribution in [2.24, 2.45) is 0 Å². The van der Waals surface area contributed by atoms with Crippen molar-refractivity contribution in [3.8, 4) is 11.5 Å². The zero-order valence-electron chi connectivity index (χ0n) is 16.4. The summed E-state index contributed by atoms with van der Waals surface area (Å²) < 4.78 is 52.0. The molecule has 3 aromatic rings. The molecule has 3 aromatic carbocycles. The minimum atomic E-state index is -3.94. The molecule has 152 valence electrons. The molecule has 0 N–H and O–H groups in total. The largest absolute Gasteiger partial charge is 0.497 e. The van der Waals surface area contributed by atoms with E-state index in [1.165, 1.54) is 30.7 Å². The van der Waals surface area contributed by atoms with Gasteiger partial charge in [0.25, 0.3) is 10.0 Å². The lowest BCUT2D eigenvalue weighted by Gasteiger charge is -2.25. The molecule has 0 aromatic heterocycles. The van der Waals surface area contributed by atoms with Crippen molar-refractivity contribution in [2.75, 3.05) is 18.5 Å². The average molecular weight is 415 g/mol. The number of anilines is 1. The number of benzene rings is 3. The van der Waals surface area contributed by atoms with Gasteiger partial charge in [-0.2, -0.15) is 0 Å². The van der Waals surface area contributed by atoms with Crippen molar-refractivity contribution in [1.29, 1.82) is 0 Å². The summed E-state index contributed by atoms with van der Waals surface area (Å²) in [5, 5.41) is 0. The van der Waals surface area contributed by atoms with E-state index >= 15 is 0 Å². The van der Waals surface area contributed by atoms with Crippen molar-refractivity contribution in [2.45, 2.75) is 18.4 Å². The highest BCUT2D eigenvalue weighted by molar-refractivity contribution is 7.92. The van der Waals surface area contributed by atoms with E-state index in [0.717, 1.165) is 17.7 Å². The fourth-order valence-electron chi connectivity index (χ4n) is 2.88. The first-order chi connectivity index (χ1) is 13.8. The van der Waals surface area contributed by atoms with Gasteiger partial charge in [-0.05, 0) is 61.0 Å². The van der Waals surface area contributed by atoms with E-state index in [4.69, 9.17) is 9.47 Å². The standard InChI is InChI=1S/C22H22FNO4S/c1-16-4-8-19(9-5-16)24(29(25,26)22-10-6-18(23)7-11-22)15-17-12-20(27-2)14-21(13-17)28-3/h4-14H,15H2,1-3H3. The number of sulfonamides is 1. The average Bonchev–Trinajstić information content (AvgIpc) is 2.72. The first kappa shape index (κ1) is 20.7. The maximum absolute atomic E-state index is 13.4. The van der Waals surface area contributed by atoms with Gasteiger partial charge in [-0.1, -0.05) is 17.7 Å². The third-order valence-electron chi connectivity index (χ3n) is 4.46. The summed E-state index contributed by atoms with van der Waals surface area (Å²) in [4.78, 5) is 0.00864. The summed E-state index contributed by atoms with van der Waals surface area (Å²) >= 11 is 0. The van der Waals surface area contributed by atoms with Crippen LogP contribution >= 0.6 is 0 Å². The Kier molecular flexibility index (Phi) is 6.08. The lowest BCUT2D eigenvalue weighted by Crippen LogP contribution is -2.30. The van der Waals surface area contributed by atoms with Crippen LogP contribution in [0.3, 0.4) is 0 Å². The van der Waals surface area contributed by atoms with Crippen LogP contribution in [0.4, 0.5) is 10.1 Å². The third-order valence-corrected chi connectivity index (χ3v) is 6.25. The van der Waals surface area contributed by atoms with Crippen LogP contribution in [0.2, 0.25) is 0 Å². The van der Waals surface area contributed by atoms with E-state index in [1.54, 1.807) is 30.3 Å². The van der Waals surface area contributed by atoms with Crippen LogP contribution in [-0.4, -0.2) is 22.6 Å². The molecule has 0 amide bonds. The highest BCUT2D eigenvalue weighted by Crippen LogP contribution is 2.29. The van der Waals surface area contributed by atoms with E-state index < -0.39 is 15.8 Å². The molecule has 0 radical (unpaired) electrons.